The molecule has 1 aromatic rings. The second-order valence-corrected chi connectivity index (χ2v) is 13.2. The van der Waals surface area contributed by atoms with Crippen LogP contribution in [0.15, 0.2) is 63.2 Å². The monoisotopic (exact) mass is 493 g/mol. The molecule has 4 aliphatic carbocycles. The smallest absolute Gasteiger partial charge is 0.282 e. The number of nitrogens with zero attached hydrogens (tertiary/aromatic N) is 1. The van der Waals surface area contributed by atoms with Crippen molar-refractivity contribution in [1.29, 1.82) is 0 Å². The molecular formula is C29H35NO4S. The van der Waals surface area contributed by atoms with E-state index in [1.807, 2.05) is 6.92 Å². The third-order valence-electron chi connectivity index (χ3n) is 9.66. The van der Waals surface area contributed by atoms with Gasteiger partial charge in [-0.05, 0) is 97.0 Å². The van der Waals surface area contributed by atoms with Gasteiger partial charge in [0.15, 0.2) is 0 Å². The number of aliphatic hydroxyl groups excluding tert-OH is 1. The number of aryl methyl sites for hydroxylation is 1. The third-order valence-corrected chi connectivity index (χ3v) is 11.4. The first kappa shape index (κ1) is 24.3. The van der Waals surface area contributed by atoms with Gasteiger partial charge in [-0.15, -0.1) is 0 Å². The van der Waals surface area contributed by atoms with Crippen molar-refractivity contribution in [2.24, 2.45) is 28.6 Å². The lowest BCUT2D eigenvalue weighted by molar-refractivity contribution is -0.0989. The Bertz CT molecular complexity index is 1280. The molecular weight excluding hydrogens is 458 g/mol. The molecule has 4 aliphatic rings. The fourth-order valence-corrected chi connectivity index (χ4v) is 9.37. The number of ether oxygens (including phenoxy) is 1. The van der Waals surface area contributed by atoms with Gasteiger partial charge in [-0.1, -0.05) is 37.6 Å². The van der Waals surface area contributed by atoms with E-state index in [4.69, 9.17) is 11.3 Å². The molecule has 0 spiro atoms. The molecule has 0 aliphatic heterocycles. The minimum atomic E-state index is -3.92. The molecule has 5 nitrogen and oxygen atoms in total. The van der Waals surface area contributed by atoms with Gasteiger partial charge in [0.2, 0.25) is 9.84 Å². The van der Waals surface area contributed by atoms with Crippen molar-refractivity contribution in [1.82, 2.24) is 0 Å². The van der Waals surface area contributed by atoms with Gasteiger partial charge in [-0.25, -0.2) is 13.3 Å². The van der Waals surface area contributed by atoms with E-state index in [1.54, 1.807) is 31.4 Å². The van der Waals surface area contributed by atoms with E-state index in [2.05, 4.69) is 30.8 Å². The molecule has 186 valence electrons. The van der Waals surface area contributed by atoms with Crippen LogP contribution in [0.1, 0.15) is 57.9 Å². The van der Waals surface area contributed by atoms with Crippen LogP contribution in [0.25, 0.3) is 4.85 Å². The van der Waals surface area contributed by atoms with Crippen molar-refractivity contribution in [2.45, 2.75) is 70.3 Å². The molecule has 2 saturated carbocycles. The van der Waals surface area contributed by atoms with Gasteiger partial charge in [-0.2, -0.15) is 0 Å². The molecule has 0 heterocycles. The van der Waals surface area contributed by atoms with Crippen LogP contribution in [0.4, 0.5) is 0 Å². The van der Waals surface area contributed by atoms with Gasteiger partial charge in [0.25, 0.3) is 5.03 Å². The summed E-state index contributed by atoms with van der Waals surface area (Å²) in [6.45, 7) is 14.2. The molecule has 2 fully saturated rings. The number of hydrogen-bond donors (Lipinski definition) is 1. The van der Waals surface area contributed by atoms with Crippen molar-refractivity contribution in [3.8, 4) is 0 Å². The Morgan fingerprint density at radius 1 is 1.17 bits per heavy atom. The third kappa shape index (κ3) is 3.54. The molecule has 1 N–H and O–H groups in total. The summed E-state index contributed by atoms with van der Waals surface area (Å²) in [5.41, 5.74) is 2.35. The van der Waals surface area contributed by atoms with Gasteiger partial charge < -0.3 is 9.84 Å². The number of aliphatic hydroxyl groups is 1. The molecule has 0 saturated heterocycles. The Labute approximate surface area is 209 Å². The Morgan fingerprint density at radius 3 is 2.54 bits per heavy atom. The molecule has 0 aromatic heterocycles. The molecule has 6 heteroatoms. The Hall–Kier alpha value is -2.36. The van der Waals surface area contributed by atoms with E-state index < -0.39 is 21.4 Å². The van der Waals surface area contributed by atoms with Crippen LogP contribution in [0, 0.1) is 42.1 Å². The number of allylic oxidation sites excluding steroid dienone is 5. The highest BCUT2D eigenvalue weighted by molar-refractivity contribution is 7.95. The lowest BCUT2D eigenvalue weighted by Crippen LogP contribution is -2.54. The summed E-state index contributed by atoms with van der Waals surface area (Å²) in [6.07, 6.45) is 8.56. The van der Waals surface area contributed by atoms with Gasteiger partial charge in [0, 0.05) is 6.42 Å². The average molecular weight is 494 g/mol. The van der Waals surface area contributed by atoms with Crippen molar-refractivity contribution < 1.29 is 18.3 Å². The highest BCUT2D eigenvalue weighted by Gasteiger charge is 2.60. The Morgan fingerprint density at radius 2 is 1.89 bits per heavy atom. The molecule has 1 aromatic carbocycles. The number of benzene rings is 1. The summed E-state index contributed by atoms with van der Waals surface area (Å²) in [4.78, 5) is 3.80. The largest absolute Gasteiger partial charge is 0.501 e. The Kier molecular flexibility index (Phi) is 5.81. The number of methoxy groups -OCH3 is 1. The van der Waals surface area contributed by atoms with Crippen molar-refractivity contribution in [2.75, 3.05) is 7.11 Å². The van der Waals surface area contributed by atoms with Gasteiger partial charge in [0.05, 0.1) is 30.4 Å². The number of rotatable bonds is 3. The van der Waals surface area contributed by atoms with Crippen LogP contribution >= 0.6 is 0 Å². The molecule has 35 heavy (non-hydrogen) atoms. The molecule has 0 radical (unpaired) electrons. The number of fused-ring (bicyclic) bond motifs is 5. The second kappa shape index (κ2) is 8.35. The summed E-state index contributed by atoms with van der Waals surface area (Å²) in [5.74, 6) is 1.64. The predicted molar refractivity (Wildman–Crippen MR) is 136 cm³/mol. The van der Waals surface area contributed by atoms with E-state index in [1.165, 1.54) is 5.57 Å². The fourth-order valence-electron chi connectivity index (χ4n) is 7.88. The minimum Gasteiger partial charge on any atom is -0.501 e. The summed E-state index contributed by atoms with van der Waals surface area (Å²) >= 11 is 0. The van der Waals surface area contributed by atoms with E-state index in [-0.39, 0.29) is 33.1 Å². The van der Waals surface area contributed by atoms with Crippen LogP contribution in [-0.2, 0) is 14.6 Å². The maximum atomic E-state index is 13.6. The zero-order valence-electron chi connectivity index (χ0n) is 21.0. The number of hydrogen-bond acceptors (Lipinski definition) is 4. The Balaban J connectivity index is 1.57. The molecule has 0 bridgehead atoms. The molecule has 6 atom stereocenters. The van der Waals surface area contributed by atoms with E-state index in [9.17, 15) is 13.5 Å². The number of sulfone groups is 1. The first-order valence-electron chi connectivity index (χ1n) is 12.6. The van der Waals surface area contributed by atoms with Crippen molar-refractivity contribution in [3.05, 3.63) is 75.3 Å². The minimum absolute atomic E-state index is 0.116. The van der Waals surface area contributed by atoms with Crippen LogP contribution in [0.2, 0.25) is 0 Å². The second-order valence-electron chi connectivity index (χ2n) is 11.4. The van der Waals surface area contributed by atoms with Crippen LogP contribution in [-0.4, -0.2) is 26.7 Å². The highest BCUT2D eigenvalue weighted by atomic mass is 32.2. The van der Waals surface area contributed by atoms with Crippen LogP contribution < -0.4 is 0 Å². The normalized spacial score (nSPS) is 37.7. The predicted octanol–water partition coefficient (Wildman–Crippen LogP) is 5.97. The summed E-state index contributed by atoms with van der Waals surface area (Å²) in [6, 6.07) is 6.73. The van der Waals surface area contributed by atoms with Gasteiger partial charge in [-0.3, -0.25) is 0 Å². The first-order valence-corrected chi connectivity index (χ1v) is 14.1. The lowest BCUT2D eigenvalue weighted by Gasteiger charge is -2.58. The zero-order valence-corrected chi connectivity index (χ0v) is 21.9. The molecule has 0 amide bonds. The van der Waals surface area contributed by atoms with Crippen LogP contribution in [0.5, 0.6) is 0 Å². The standard InChI is InChI=1S/C29H35NO4S/c1-18-6-9-21(10-7-18)35(32,33)27(30-4)24-13-12-23-22-11-8-19-16-20(34-5)14-15-28(19,2)26(22)25(31)17-29(23,24)3/h6-10,16,22-23,25-26,31H,11-15,17H2,1-3,5H3/b27-24-/t22-,23-,25+,26+,28-,29-/m0/s1. The quantitative estimate of drug-likeness (QED) is 0.527. The van der Waals surface area contributed by atoms with Crippen molar-refractivity contribution in [3.63, 3.8) is 0 Å². The summed E-state index contributed by atoms with van der Waals surface area (Å²) < 4.78 is 32.7. The maximum Gasteiger partial charge on any atom is 0.282 e. The topological polar surface area (TPSA) is 68.0 Å². The van der Waals surface area contributed by atoms with Gasteiger partial charge >= 0.3 is 0 Å². The van der Waals surface area contributed by atoms with E-state index in [0.29, 0.717) is 12.8 Å². The first-order chi connectivity index (χ1) is 16.6. The van der Waals surface area contributed by atoms with Crippen LogP contribution in [0.3, 0.4) is 0 Å². The SMILES string of the molecule is [C-]#[N+]/C(=C1\CC[C@H]2[C@@H]3CC=C4C=C(OC)CC[C@]4(C)[C@H]3[C@H](O)C[C@]12C)S(=O)(=O)c1ccc(C)cc1. The summed E-state index contributed by atoms with van der Waals surface area (Å²) in [5, 5.41) is 11.5. The van der Waals surface area contributed by atoms with Crippen molar-refractivity contribution >= 4 is 9.84 Å². The van der Waals surface area contributed by atoms with E-state index in [0.717, 1.165) is 42.6 Å². The zero-order chi connectivity index (χ0) is 25.2. The average Bonchev–Trinajstić information content (AvgIpc) is 3.15. The molecule has 0 unspecified atom stereocenters. The lowest BCUT2D eigenvalue weighted by atomic mass is 9.47. The van der Waals surface area contributed by atoms with E-state index >= 15 is 0 Å². The maximum absolute atomic E-state index is 13.6. The van der Waals surface area contributed by atoms with Gasteiger partial charge in [0.1, 0.15) is 0 Å². The highest BCUT2D eigenvalue weighted by Crippen LogP contribution is 2.66. The summed E-state index contributed by atoms with van der Waals surface area (Å²) in [7, 11) is -2.20. The molecule has 5 rings (SSSR count). The fraction of sp³-hybridized carbons (Fsp3) is 0.552.